The van der Waals surface area contributed by atoms with E-state index in [2.05, 4.69) is 31.4 Å². The summed E-state index contributed by atoms with van der Waals surface area (Å²) in [5.41, 5.74) is -0.185. The molecule has 21 heavy (non-hydrogen) atoms. The van der Waals surface area contributed by atoms with Gasteiger partial charge in [-0.2, -0.15) is 0 Å². The number of aliphatic hydroxyl groups is 1. The Bertz CT molecular complexity index is 310. The number of nitrogens with one attached hydrogen (secondary N) is 2. The van der Waals surface area contributed by atoms with Crippen LogP contribution in [0.3, 0.4) is 0 Å². The van der Waals surface area contributed by atoms with Crippen molar-refractivity contribution < 1.29 is 14.6 Å². The van der Waals surface area contributed by atoms with Crippen LogP contribution < -0.4 is 10.6 Å². The van der Waals surface area contributed by atoms with Crippen LogP contribution in [-0.2, 0) is 4.74 Å². The molecule has 3 N–H and O–H groups in total. The van der Waals surface area contributed by atoms with Gasteiger partial charge in [0.2, 0.25) is 0 Å². The van der Waals surface area contributed by atoms with E-state index >= 15 is 0 Å². The van der Waals surface area contributed by atoms with E-state index in [0.29, 0.717) is 25.6 Å². The summed E-state index contributed by atoms with van der Waals surface area (Å²) in [6.07, 6.45) is 4.53. The van der Waals surface area contributed by atoms with Gasteiger partial charge >= 0.3 is 6.03 Å². The molecule has 0 aromatic rings. The normalized spacial score (nSPS) is 25.9. The topological polar surface area (TPSA) is 70.6 Å². The van der Waals surface area contributed by atoms with Crippen LogP contribution in [0.25, 0.3) is 0 Å². The highest BCUT2D eigenvalue weighted by Crippen LogP contribution is 2.35. The van der Waals surface area contributed by atoms with Gasteiger partial charge in [0.05, 0.1) is 6.10 Å². The number of hydrogen-bond acceptors (Lipinski definition) is 3. The molecule has 0 aromatic carbocycles. The maximum atomic E-state index is 11.7. The third-order valence-corrected chi connectivity index (χ3v) is 4.13. The molecule has 1 aliphatic carbocycles. The van der Waals surface area contributed by atoms with Gasteiger partial charge in [0.15, 0.2) is 0 Å². The van der Waals surface area contributed by atoms with Crippen molar-refractivity contribution >= 4 is 6.03 Å². The van der Waals surface area contributed by atoms with Crippen LogP contribution in [-0.4, -0.2) is 43.5 Å². The summed E-state index contributed by atoms with van der Waals surface area (Å²) in [5.74, 6) is 0.545. The van der Waals surface area contributed by atoms with Crippen LogP contribution in [0.4, 0.5) is 4.79 Å². The first-order valence-corrected chi connectivity index (χ1v) is 8.21. The molecule has 0 saturated heterocycles. The first-order valence-electron chi connectivity index (χ1n) is 8.21. The summed E-state index contributed by atoms with van der Waals surface area (Å²) in [5, 5.41) is 15.8. The van der Waals surface area contributed by atoms with Crippen LogP contribution in [0.15, 0.2) is 0 Å². The molecule has 1 saturated carbocycles. The van der Waals surface area contributed by atoms with E-state index < -0.39 is 0 Å². The van der Waals surface area contributed by atoms with Gasteiger partial charge in [-0.25, -0.2) is 4.79 Å². The lowest BCUT2D eigenvalue weighted by atomic mass is 9.73. The monoisotopic (exact) mass is 300 g/mol. The van der Waals surface area contributed by atoms with Gasteiger partial charge in [-0.3, -0.25) is 0 Å². The number of carbonyl (C=O) groups is 1. The Morgan fingerprint density at radius 2 is 2.14 bits per heavy atom. The second kappa shape index (κ2) is 9.26. The van der Waals surface area contributed by atoms with Crippen LogP contribution in [0, 0.1) is 11.3 Å². The van der Waals surface area contributed by atoms with Gasteiger partial charge in [0.25, 0.3) is 0 Å². The SMILES string of the molecule is CC(C)COCCCNC(=O)NCC1(C)CCCCC1O. The van der Waals surface area contributed by atoms with E-state index in [0.717, 1.165) is 38.7 Å². The molecule has 0 aromatic heterocycles. The van der Waals surface area contributed by atoms with Gasteiger partial charge in [0, 0.05) is 31.7 Å². The summed E-state index contributed by atoms with van der Waals surface area (Å²) >= 11 is 0. The van der Waals surface area contributed by atoms with Crippen molar-refractivity contribution in [3.63, 3.8) is 0 Å². The summed E-state index contributed by atoms with van der Waals surface area (Å²) in [7, 11) is 0. The Hall–Kier alpha value is -0.810. The van der Waals surface area contributed by atoms with Gasteiger partial charge in [-0.15, -0.1) is 0 Å². The molecule has 0 spiro atoms. The second-order valence-corrected chi connectivity index (χ2v) is 6.85. The highest BCUT2D eigenvalue weighted by molar-refractivity contribution is 5.73. The minimum absolute atomic E-state index is 0.155. The van der Waals surface area contributed by atoms with Crippen molar-refractivity contribution in [2.45, 2.75) is 59.0 Å². The van der Waals surface area contributed by atoms with Crippen molar-refractivity contribution in [3.8, 4) is 0 Å². The lowest BCUT2D eigenvalue weighted by Gasteiger charge is -2.38. The molecule has 2 unspecified atom stereocenters. The van der Waals surface area contributed by atoms with E-state index in [1.54, 1.807) is 0 Å². The number of ether oxygens (including phenoxy) is 1. The zero-order valence-corrected chi connectivity index (χ0v) is 13.8. The highest BCUT2D eigenvalue weighted by Gasteiger charge is 2.35. The number of amides is 2. The van der Waals surface area contributed by atoms with Crippen molar-refractivity contribution in [2.75, 3.05) is 26.3 Å². The van der Waals surface area contributed by atoms with Gasteiger partial charge in [0.1, 0.15) is 0 Å². The number of urea groups is 1. The predicted octanol–water partition coefficient (Wildman–Crippen LogP) is 2.29. The van der Waals surface area contributed by atoms with E-state index in [-0.39, 0.29) is 17.6 Å². The molecule has 1 fully saturated rings. The molecule has 0 aliphatic heterocycles. The van der Waals surface area contributed by atoms with Crippen molar-refractivity contribution in [3.05, 3.63) is 0 Å². The summed E-state index contributed by atoms with van der Waals surface area (Å²) in [4.78, 5) is 11.7. The summed E-state index contributed by atoms with van der Waals surface area (Å²) in [6.45, 7) is 8.87. The molecule has 0 radical (unpaired) electrons. The van der Waals surface area contributed by atoms with Crippen molar-refractivity contribution in [2.24, 2.45) is 11.3 Å². The number of hydrogen-bond donors (Lipinski definition) is 3. The maximum Gasteiger partial charge on any atom is 0.314 e. The molecule has 5 heteroatoms. The maximum absolute atomic E-state index is 11.7. The Kier molecular flexibility index (Phi) is 8.04. The largest absolute Gasteiger partial charge is 0.392 e. The van der Waals surface area contributed by atoms with E-state index in [1.807, 2.05) is 0 Å². The quantitative estimate of drug-likeness (QED) is 0.602. The van der Waals surface area contributed by atoms with E-state index in [4.69, 9.17) is 4.74 Å². The predicted molar refractivity (Wildman–Crippen MR) is 84.3 cm³/mol. The lowest BCUT2D eigenvalue weighted by molar-refractivity contribution is 0.00309. The number of rotatable bonds is 8. The first kappa shape index (κ1) is 18.2. The molecule has 2 amide bonds. The highest BCUT2D eigenvalue weighted by atomic mass is 16.5. The molecule has 124 valence electrons. The molecule has 5 nitrogen and oxygen atoms in total. The van der Waals surface area contributed by atoms with Crippen LogP contribution in [0.5, 0.6) is 0 Å². The molecule has 0 bridgehead atoms. The zero-order valence-electron chi connectivity index (χ0n) is 13.8. The molecular formula is C16H32N2O3. The standard InChI is InChI=1S/C16H32N2O3/c1-13(2)11-21-10-6-9-17-15(20)18-12-16(3)8-5-4-7-14(16)19/h13-14,19H,4-12H2,1-3H3,(H2,17,18,20). The second-order valence-electron chi connectivity index (χ2n) is 6.85. The molecule has 1 rings (SSSR count). The summed E-state index contributed by atoms with van der Waals surface area (Å²) in [6, 6.07) is -0.155. The summed E-state index contributed by atoms with van der Waals surface area (Å²) < 4.78 is 5.46. The smallest absolute Gasteiger partial charge is 0.314 e. The third-order valence-electron chi connectivity index (χ3n) is 4.13. The average Bonchev–Trinajstić information content (AvgIpc) is 2.44. The van der Waals surface area contributed by atoms with E-state index in [9.17, 15) is 9.90 Å². The Morgan fingerprint density at radius 1 is 1.38 bits per heavy atom. The van der Waals surface area contributed by atoms with Crippen LogP contribution in [0.1, 0.15) is 52.9 Å². The van der Waals surface area contributed by atoms with E-state index in [1.165, 1.54) is 0 Å². The molecule has 2 atom stereocenters. The van der Waals surface area contributed by atoms with Crippen LogP contribution in [0.2, 0.25) is 0 Å². The average molecular weight is 300 g/mol. The first-order chi connectivity index (χ1) is 9.94. The third kappa shape index (κ3) is 7.14. The number of carbonyl (C=O) groups excluding carboxylic acids is 1. The Labute approximate surface area is 128 Å². The Balaban J connectivity index is 2.08. The molecule has 1 aliphatic rings. The van der Waals surface area contributed by atoms with Gasteiger partial charge in [-0.05, 0) is 25.2 Å². The van der Waals surface area contributed by atoms with Crippen molar-refractivity contribution in [1.82, 2.24) is 10.6 Å². The fourth-order valence-electron chi connectivity index (χ4n) is 2.63. The Morgan fingerprint density at radius 3 is 2.81 bits per heavy atom. The van der Waals surface area contributed by atoms with Gasteiger partial charge < -0.3 is 20.5 Å². The minimum atomic E-state index is -0.309. The van der Waals surface area contributed by atoms with Gasteiger partial charge in [-0.1, -0.05) is 33.6 Å². The molecule has 0 heterocycles. The van der Waals surface area contributed by atoms with Crippen LogP contribution >= 0.6 is 0 Å². The minimum Gasteiger partial charge on any atom is -0.392 e. The van der Waals surface area contributed by atoms with Crippen molar-refractivity contribution in [1.29, 1.82) is 0 Å². The lowest BCUT2D eigenvalue weighted by Crippen LogP contribution is -2.47. The molecular weight excluding hydrogens is 268 g/mol. The zero-order chi connectivity index (χ0) is 15.7. The fraction of sp³-hybridized carbons (Fsp3) is 0.938. The number of aliphatic hydroxyl groups excluding tert-OH is 1. The fourth-order valence-corrected chi connectivity index (χ4v) is 2.63.